The van der Waals surface area contributed by atoms with Gasteiger partial charge < -0.3 is 9.47 Å². The molecule has 3 nitrogen and oxygen atoms in total. The molecule has 0 aliphatic carbocycles. The Morgan fingerprint density at radius 3 is 2.38 bits per heavy atom. The maximum Gasteiger partial charge on any atom is 0.309 e. The van der Waals surface area contributed by atoms with E-state index in [0.29, 0.717) is 6.61 Å². The molecule has 0 spiro atoms. The molecule has 0 heterocycles. The van der Waals surface area contributed by atoms with Gasteiger partial charge in [0.15, 0.2) is 0 Å². The summed E-state index contributed by atoms with van der Waals surface area (Å²) in [6.45, 7) is 4.58. The summed E-state index contributed by atoms with van der Waals surface area (Å²) in [6, 6.07) is 13.8. The predicted molar refractivity (Wildman–Crippen MR) is 82.4 cm³/mol. The first kappa shape index (κ1) is 15.1. The van der Waals surface area contributed by atoms with Gasteiger partial charge in [-0.25, -0.2) is 0 Å². The minimum Gasteiger partial charge on any atom is -0.489 e. The molecule has 0 bridgehead atoms. The van der Waals surface area contributed by atoms with Crippen molar-refractivity contribution in [1.82, 2.24) is 0 Å². The first-order valence-electron chi connectivity index (χ1n) is 6.94. The zero-order valence-electron chi connectivity index (χ0n) is 12.7. The fraction of sp³-hybridized carbons (Fsp3) is 0.278. The molecule has 0 atom stereocenters. The third-order valence-corrected chi connectivity index (χ3v) is 3.55. The number of methoxy groups -OCH3 is 1. The highest BCUT2D eigenvalue weighted by molar-refractivity contribution is 5.72. The number of benzene rings is 2. The van der Waals surface area contributed by atoms with Crippen LogP contribution in [0.3, 0.4) is 0 Å². The first-order chi connectivity index (χ1) is 10.1. The van der Waals surface area contributed by atoms with Crippen LogP contribution in [-0.2, 0) is 22.6 Å². The summed E-state index contributed by atoms with van der Waals surface area (Å²) in [5.74, 6) is 0.597. The minimum absolute atomic E-state index is 0.242. The second-order valence-corrected chi connectivity index (χ2v) is 5.06. The van der Waals surface area contributed by atoms with E-state index in [-0.39, 0.29) is 12.4 Å². The van der Waals surface area contributed by atoms with E-state index in [2.05, 4.69) is 13.8 Å². The molecule has 0 unspecified atom stereocenters. The van der Waals surface area contributed by atoms with E-state index in [9.17, 15) is 4.79 Å². The molecule has 2 aromatic rings. The standard InChI is InChI=1S/C18H20O3/c1-13-8-9-17(10-14(13)2)21-12-16-7-5-4-6-15(16)11-18(19)20-3/h4-10H,11-12H2,1-3H3. The second-order valence-electron chi connectivity index (χ2n) is 5.06. The fourth-order valence-corrected chi connectivity index (χ4v) is 2.06. The van der Waals surface area contributed by atoms with E-state index >= 15 is 0 Å². The molecular weight excluding hydrogens is 264 g/mol. The van der Waals surface area contributed by atoms with Crippen molar-refractivity contribution < 1.29 is 14.3 Å². The number of aryl methyl sites for hydroxylation is 2. The number of carbonyl (C=O) groups excluding carboxylic acids is 1. The Hall–Kier alpha value is -2.29. The Kier molecular flexibility index (Phi) is 4.99. The van der Waals surface area contributed by atoms with Crippen LogP contribution in [0.15, 0.2) is 42.5 Å². The molecular formula is C18H20O3. The number of hydrogen-bond donors (Lipinski definition) is 0. The van der Waals surface area contributed by atoms with Crippen LogP contribution in [0.2, 0.25) is 0 Å². The summed E-state index contributed by atoms with van der Waals surface area (Å²) in [6.07, 6.45) is 0.267. The van der Waals surface area contributed by atoms with Crippen molar-refractivity contribution in [3.8, 4) is 5.75 Å². The van der Waals surface area contributed by atoms with Crippen molar-refractivity contribution in [3.63, 3.8) is 0 Å². The maximum atomic E-state index is 11.4. The van der Waals surface area contributed by atoms with Gasteiger partial charge in [0.1, 0.15) is 12.4 Å². The zero-order chi connectivity index (χ0) is 15.2. The Bertz CT molecular complexity index is 632. The normalized spacial score (nSPS) is 10.2. The molecule has 0 saturated carbocycles. The molecule has 0 N–H and O–H groups in total. The summed E-state index contributed by atoms with van der Waals surface area (Å²) in [7, 11) is 1.40. The lowest BCUT2D eigenvalue weighted by Gasteiger charge is -2.11. The lowest BCUT2D eigenvalue weighted by molar-refractivity contribution is -0.139. The van der Waals surface area contributed by atoms with Crippen LogP contribution in [0, 0.1) is 13.8 Å². The molecule has 0 radical (unpaired) electrons. The summed E-state index contributed by atoms with van der Waals surface area (Å²) in [5, 5.41) is 0. The summed E-state index contributed by atoms with van der Waals surface area (Å²) in [4.78, 5) is 11.4. The Morgan fingerprint density at radius 2 is 1.71 bits per heavy atom. The van der Waals surface area contributed by atoms with Gasteiger partial charge in [0.05, 0.1) is 13.5 Å². The van der Waals surface area contributed by atoms with Crippen LogP contribution in [0.5, 0.6) is 5.75 Å². The smallest absolute Gasteiger partial charge is 0.309 e. The summed E-state index contributed by atoms with van der Waals surface area (Å²) in [5.41, 5.74) is 4.39. The number of hydrogen-bond acceptors (Lipinski definition) is 3. The van der Waals surface area contributed by atoms with E-state index in [1.807, 2.05) is 42.5 Å². The van der Waals surface area contributed by atoms with Crippen molar-refractivity contribution >= 4 is 5.97 Å². The van der Waals surface area contributed by atoms with Crippen molar-refractivity contribution in [2.45, 2.75) is 26.9 Å². The van der Waals surface area contributed by atoms with Gasteiger partial charge in [0, 0.05) is 0 Å². The Morgan fingerprint density at radius 1 is 1.00 bits per heavy atom. The van der Waals surface area contributed by atoms with Crippen molar-refractivity contribution in [1.29, 1.82) is 0 Å². The highest BCUT2D eigenvalue weighted by Crippen LogP contribution is 2.19. The number of esters is 1. The van der Waals surface area contributed by atoms with Gasteiger partial charge in [-0.15, -0.1) is 0 Å². The van der Waals surface area contributed by atoms with Crippen LogP contribution in [0.25, 0.3) is 0 Å². The van der Waals surface area contributed by atoms with Crippen LogP contribution in [0.4, 0.5) is 0 Å². The lowest BCUT2D eigenvalue weighted by atomic mass is 10.1. The van der Waals surface area contributed by atoms with E-state index in [1.165, 1.54) is 18.2 Å². The molecule has 0 amide bonds. The van der Waals surface area contributed by atoms with Crippen LogP contribution in [-0.4, -0.2) is 13.1 Å². The largest absolute Gasteiger partial charge is 0.489 e. The third-order valence-electron chi connectivity index (χ3n) is 3.55. The molecule has 0 fully saturated rings. The quantitative estimate of drug-likeness (QED) is 0.787. The van der Waals surface area contributed by atoms with Crippen LogP contribution < -0.4 is 4.74 Å². The summed E-state index contributed by atoms with van der Waals surface area (Å²) >= 11 is 0. The van der Waals surface area contributed by atoms with Crippen molar-refractivity contribution in [2.24, 2.45) is 0 Å². The van der Waals surface area contributed by atoms with Gasteiger partial charge >= 0.3 is 5.97 Å². The molecule has 2 rings (SSSR count). The SMILES string of the molecule is COC(=O)Cc1ccccc1COc1ccc(C)c(C)c1. The Balaban J connectivity index is 2.09. The van der Waals surface area contributed by atoms with Crippen LogP contribution >= 0.6 is 0 Å². The fourth-order valence-electron chi connectivity index (χ4n) is 2.06. The topological polar surface area (TPSA) is 35.5 Å². The monoisotopic (exact) mass is 284 g/mol. The van der Waals surface area contributed by atoms with Crippen molar-refractivity contribution in [3.05, 3.63) is 64.7 Å². The molecule has 3 heteroatoms. The van der Waals surface area contributed by atoms with Gasteiger partial charge in [-0.2, -0.15) is 0 Å². The molecule has 21 heavy (non-hydrogen) atoms. The number of rotatable bonds is 5. The van der Waals surface area contributed by atoms with E-state index in [4.69, 9.17) is 9.47 Å². The van der Waals surface area contributed by atoms with E-state index < -0.39 is 0 Å². The second kappa shape index (κ2) is 6.93. The summed E-state index contributed by atoms with van der Waals surface area (Å²) < 4.78 is 10.6. The Labute approximate surface area is 125 Å². The van der Waals surface area contributed by atoms with Crippen molar-refractivity contribution in [2.75, 3.05) is 7.11 Å². The average Bonchev–Trinajstić information content (AvgIpc) is 2.49. The van der Waals surface area contributed by atoms with Gasteiger partial charge in [0.25, 0.3) is 0 Å². The molecule has 0 saturated heterocycles. The number of carbonyl (C=O) groups is 1. The highest BCUT2D eigenvalue weighted by atomic mass is 16.5. The van der Waals surface area contributed by atoms with Gasteiger partial charge in [0.2, 0.25) is 0 Å². The third kappa shape index (κ3) is 4.09. The molecule has 0 aliphatic heterocycles. The predicted octanol–water partition coefficient (Wildman–Crippen LogP) is 3.60. The zero-order valence-corrected chi connectivity index (χ0v) is 12.7. The average molecular weight is 284 g/mol. The highest BCUT2D eigenvalue weighted by Gasteiger charge is 2.08. The van der Waals surface area contributed by atoms with Gasteiger partial charge in [-0.3, -0.25) is 4.79 Å². The minimum atomic E-state index is -0.242. The first-order valence-corrected chi connectivity index (χ1v) is 6.94. The van der Waals surface area contributed by atoms with Crippen LogP contribution in [0.1, 0.15) is 22.3 Å². The molecule has 0 aromatic heterocycles. The van der Waals surface area contributed by atoms with Gasteiger partial charge in [-0.05, 0) is 48.2 Å². The maximum absolute atomic E-state index is 11.4. The van der Waals surface area contributed by atoms with Gasteiger partial charge in [-0.1, -0.05) is 30.3 Å². The molecule has 2 aromatic carbocycles. The molecule has 0 aliphatic rings. The lowest BCUT2D eigenvalue weighted by Crippen LogP contribution is -2.08. The van der Waals surface area contributed by atoms with E-state index in [1.54, 1.807) is 0 Å². The van der Waals surface area contributed by atoms with E-state index in [0.717, 1.165) is 16.9 Å². The molecule has 110 valence electrons. The number of ether oxygens (including phenoxy) is 2.